The van der Waals surface area contributed by atoms with Crippen LogP contribution in [0.4, 0.5) is 23.2 Å². The van der Waals surface area contributed by atoms with Crippen LogP contribution in [0.2, 0.25) is 5.02 Å². The van der Waals surface area contributed by atoms with E-state index >= 15 is 0 Å². The molecule has 4 nitrogen and oxygen atoms in total. The first-order valence-electron chi connectivity index (χ1n) is 7.29. The van der Waals surface area contributed by atoms with Gasteiger partial charge < -0.3 is 10.6 Å². The number of anilines is 1. The Labute approximate surface area is 152 Å². The molecule has 25 heavy (non-hydrogen) atoms. The maximum atomic E-state index is 13.1. The zero-order valence-electron chi connectivity index (χ0n) is 13.1. The number of hydrogen-bond acceptors (Lipinski definition) is 2. The minimum Gasteiger partial charge on any atom is -0.362 e. The van der Waals surface area contributed by atoms with Crippen LogP contribution in [-0.2, 0) is 12.7 Å². The SMILES string of the molecule is Cc1c(Cl)c(C(F)(F)F)nn1CCCNC(=S)Nc1cccc(F)c1. The molecule has 0 aliphatic rings. The van der Waals surface area contributed by atoms with E-state index < -0.39 is 11.9 Å². The Kier molecular flexibility index (Phi) is 6.23. The molecule has 2 rings (SSSR count). The fraction of sp³-hybridized carbons (Fsp3) is 0.333. The molecule has 10 heteroatoms. The van der Waals surface area contributed by atoms with Gasteiger partial charge in [-0.2, -0.15) is 18.3 Å². The fourth-order valence-electron chi connectivity index (χ4n) is 2.10. The van der Waals surface area contributed by atoms with Crippen LogP contribution in [0.3, 0.4) is 0 Å². The third-order valence-electron chi connectivity index (χ3n) is 3.32. The molecule has 1 aromatic carbocycles. The summed E-state index contributed by atoms with van der Waals surface area (Å²) >= 11 is 10.8. The van der Waals surface area contributed by atoms with Gasteiger partial charge >= 0.3 is 6.18 Å². The standard InChI is InChI=1S/C15H15ClF4N4S/c1-9-12(16)13(15(18,19)20)23-24(9)7-3-6-21-14(25)22-11-5-2-4-10(17)8-11/h2,4-5,8H,3,6-7H2,1H3,(H2,21,22,25). The number of halogens is 5. The highest BCUT2D eigenvalue weighted by Crippen LogP contribution is 2.35. The molecular weight excluding hydrogens is 380 g/mol. The molecule has 0 bridgehead atoms. The van der Waals surface area contributed by atoms with Gasteiger partial charge in [-0.3, -0.25) is 4.68 Å². The van der Waals surface area contributed by atoms with Crippen LogP contribution in [0.1, 0.15) is 17.8 Å². The molecule has 1 aromatic heterocycles. The molecule has 0 saturated heterocycles. The smallest absolute Gasteiger partial charge is 0.362 e. The Morgan fingerprint density at radius 3 is 2.68 bits per heavy atom. The highest BCUT2D eigenvalue weighted by molar-refractivity contribution is 7.80. The summed E-state index contributed by atoms with van der Waals surface area (Å²) in [4.78, 5) is 0. The van der Waals surface area contributed by atoms with Crippen LogP contribution in [0.15, 0.2) is 24.3 Å². The molecule has 0 aliphatic heterocycles. The Morgan fingerprint density at radius 2 is 2.08 bits per heavy atom. The van der Waals surface area contributed by atoms with Gasteiger partial charge in [0.2, 0.25) is 0 Å². The number of aromatic nitrogens is 2. The third kappa shape index (κ3) is 5.30. The van der Waals surface area contributed by atoms with Gasteiger partial charge in [0.1, 0.15) is 5.82 Å². The maximum absolute atomic E-state index is 13.1. The lowest BCUT2D eigenvalue weighted by molar-refractivity contribution is -0.141. The van der Waals surface area contributed by atoms with Gasteiger partial charge in [-0.05, 0) is 43.8 Å². The number of nitrogens with one attached hydrogen (secondary N) is 2. The van der Waals surface area contributed by atoms with Gasteiger partial charge in [0.15, 0.2) is 10.8 Å². The normalized spacial score (nSPS) is 11.4. The van der Waals surface area contributed by atoms with E-state index in [1.807, 2.05) is 0 Å². The molecule has 0 unspecified atom stereocenters. The number of aryl methyl sites for hydroxylation is 1. The lowest BCUT2D eigenvalue weighted by atomic mass is 10.3. The Hall–Kier alpha value is -1.87. The van der Waals surface area contributed by atoms with Crippen LogP contribution in [-0.4, -0.2) is 21.4 Å². The number of alkyl halides is 3. The molecule has 0 atom stereocenters. The van der Waals surface area contributed by atoms with E-state index in [1.54, 1.807) is 12.1 Å². The van der Waals surface area contributed by atoms with Crippen molar-refractivity contribution in [1.29, 1.82) is 0 Å². The van der Waals surface area contributed by atoms with Crippen molar-refractivity contribution >= 4 is 34.6 Å². The summed E-state index contributed by atoms with van der Waals surface area (Å²) in [5, 5.41) is 9.13. The molecule has 1 heterocycles. The summed E-state index contributed by atoms with van der Waals surface area (Å²) < 4.78 is 52.5. The molecule has 0 aliphatic carbocycles. The predicted molar refractivity (Wildman–Crippen MR) is 92.2 cm³/mol. The molecule has 0 spiro atoms. The van der Waals surface area contributed by atoms with E-state index in [0.717, 1.165) is 0 Å². The van der Waals surface area contributed by atoms with Gasteiger partial charge in [-0.1, -0.05) is 17.7 Å². The summed E-state index contributed by atoms with van der Waals surface area (Å²) in [5.74, 6) is -0.390. The number of thiocarbonyl (C=S) groups is 1. The van der Waals surface area contributed by atoms with Crippen molar-refractivity contribution in [2.75, 3.05) is 11.9 Å². The second-order valence-corrected chi connectivity index (χ2v) is 6.00. The van der Waals surface area contributed by atoms with E-state index in [2.05, 4.69) is 15.7 Å². The van der Waals surface area contributed by atoms with Crippen molar-refractivity contribution < 1.29 is 17.6 Å². The first kappa shape index (κ1) is 19.5. The molecule has 0 saturated carbocycles. The average Bonchev–Trinajstić information content (AvgIpc) is 2.80. The Balaban J connectivity index is 1.82. The van der Waals surface area contributed by atoms with E-state index in [1.165, 1.54) is 23.7 Å². The second-order valence-electron chi connectivity index (χ2n) is 5.21. The van der Waals surface area contributed by atoms with E-state index in [-0.39, 0.29) is 28.2 Å². The van der Waals surface area contributed by atoms with Crippen LogP contribution in [0.5, 0.6) is 0 Å². The number of rotatable bonds is 5. The topological polar surface area (TPSA) is 41.9 Å². The van der Waals surface area contributed by atoms with Crippen LogP contribution < -0.4 is 10.6 Å². The number of benzene rings is 1. The summed E-state index contributed by atoms with van der Waals surface area (Å²) in [7, 11) is 0. The molecular formula is C15H15ClF4N4S. The Bertz CT molecular complexity index is 760. The summed E-state index contributed by atoms with van der Waals surface area (Å²) in [6.45, 7) is 2.13. The van der Waals surface area contributed by atoms with Crippen molar-refractivity contribution in [3.05, 3.63) is 46.5 Å². The van der Waals surface area contributed by atoms with Gasteiger partial charge in [0.05, 0.1) is 10.7 Å². The van der Waals surface area contributed by atoms with Crippen LogP contribution in [0.25, 0.3) is 0 Å². The van der Waals surface area contributed by atoms with Gasteiger partial charge in [0.25, 0.3) is 0 Å². The van der Waals surface area contributed by atoms with Crippen molar-refractivity contribution in [1.82, 2.24) is 15.1 Å². The Morgan fingerprint density at radius 1 is 1.36 bits per heavy atom. The molecule has 0 radical (unpaired) electrons. The monoisotopic (exact) mass is 394 g/mol. The van der Waals surface area contributed by atoms with Crippen molar-refractivity contribution in [2.24, 2.45) is 0 Å². The lowest BCUT2D eigenvalue weighted by Crippen LogP contribution is -2.29. The van der Waals surface area contributed by atoms with E-state index in [0.29, 0.717) is 18.7 Å². The zero-order valence-corrected chi connectivity index (χ0v) is 14.7. The first-order valence-corrected chi connectivity index (χ1v) is 8.07. The summed E-state index contributed by atoms with van der Waals surface area (Å²) in [6.07, 6.45) is -4.11. The number of hydrogen-bond donors (Lipinski definition) is 2. The summed E-state index contributed by atoms with van der Waals surface area (Å²) in [5.41, 5.74) is -0.320. The lowest BCUT2D eigenvalue weighted by Gasteiger charge is -2.11. The number of nitrogens with zero attached hydrogens (tertiary/aromatic N) is 2. The fourth-order valence-corrected chi connectivity index (χ4v) is 2.56. The van der Waals surface area contributed by atoms with Gasteiger partial charge in [-0.15, -0.1) is 0 Å². The average molecular weight is 395 g/mol. The van der Waals surface area contributed by atoms with Gasteiger partial charge in [-0.25, -0.2) is 4.39 Å². The molecule has 2 N–H and O–H groups in total. The minimum atomic E-state index is -4.58. The van der Waals surface area contributed by atoms with Crippen LogP contribution in [0, 0.1) is 12.7 Å². The van der Waals surface area contributed by atoms with Crippen LogP contribution >= 0.6 is 23.8 Å². The second kappa shape index (κ2) is 8.01. The predicted octanol–water partition coefficient (Wildman–Crippen LogP) is 4.38. The largest absolute Gasteiger partial charge is 0.436 e. The van der Waals surface area contributed by atoms with E-state index in [4.69, 9.17) is 23.8 Å². The minimum absolute atomic E-state index is 0.247. The quantitative estimate of drug-likeness (QED) is 0.448. The van der Waals surface area contributed by atoms with Crippen molar-refractivity contribution in [3.8, 4) is 0 Å². The molecule has 0 fully saturated rings. The third-order valence-corrected chi connectivity index (χ3v) is 4.02. The van der Waals surface area contributed by atoms with Crippen molar-refractivity contribution in [2.45, 2.75) is 26.1 Å². The maximum Gasteiger partial charge on any atom is 0.436 e. The molecule has 2 aromatic rings. The highest BCUT2D eigenvalue weighted by Gasteiger charge is 2.38. The summed E-state index contributed by atoms with van der Waals surface area (Å²) in [6, 6.07) is 5.81. The molecule has 136 valence electrons. The van der Waals surface area contributed by atoms with E-state index in [9.17, 15) is 17.6 Å². The van der Waals surface area contributed by atoms with Crippen molar-refractivity contribution in [3.63, 3.8) is 0 Å². The zero-order chi connectivity index (χ0) is 18.6. The molecule has 0 amide bonds. The highest BCUT2D eigenvalue weighted by atomic mass is 35.5. The first-order chi connectivity index (χ1) is 11.7. The van der Waals surface area contributed by atoms with Gasteiger partial charge in [0, 0.05) is 18.8 Å².